The lowest BCUT2D eigenvalue weighted by molar-refractivity contribution is -0.127. The van der Waals surface area contributed by atoms with Crippen LogP contribution < -0.4 is 5.32 Å². The third kappa shape index (κ3) is 3.03. The van der Waals surface area contributed by atoms with Crippen LogP contribution in [0.15, 0.2) is 55.0 Å². The Bertz CT molecular complexity index is 874. The standard InChI is InChI=1S/C20H22N4O/c1-24-18(25)11-17(20(24)15-5-8-21-9-6-15)13-22-12-16-4-2-3-14-7-10-23-19(14)16/h2-10,17,20,22-23H,11-13H2,1H3/t17-,20-/m0/s1. The number of hydrogen-bond donors (Lipinski definition) is 2. The molecule has 4 rings (SSSR count). The van der Waals surface area contributed by atoms with Crippen molar-refractivity contribution in [3.63, 3.8) is 0 Å². The number of benzene rings is 1. The van der Waals surface area contributed by atoms with E-state index in [0.717, 1.165) is 18.7 Å². The minimum absolute atomic E-state index is 0.115. The number of carbonyl (C=O) groups is 1. The second kappa shape index (κ2) is 6.69. The van der Waals surface area contributed by atoms with Gasteiger partial charge < -0.3 is 15.2 Å². The summed E-state index contributed by atoms with van der Waals surface area (Å²) in [6, 6.07) is 12.5. The van der Waals surface area contributed by atoms with Gasteiger partial charge in [0.05, 0.1) is 6.04 Å². The molecule has 3 heterocycles. The van der Waals surface area contributed by atoms with Gasteiger partial charge in [0.2, 0.25) is 5.91 Å². The van der Waals surface area contributed by atoms with Crippen molar-refractivity contribution in [1.82, 2.24) is 20.2 Å². The average molecular weight is 334 g/mol. The minimum Gasteiger partial charge on any atom is -0.361 e. The van der Waals surface area contributed by atoms with Gasteiger partial charge in [0, 0.05) is 56.6 Å². The Morgan fingerprint density at radius 3 is 2.92 bits per heavy atom. The summed E-state index contributed by atoms with van der Waals surface area (Å²) in [5.41, 5.74) is 3.59. The predicted molar refractivity (Wildman–Crippen MR) is 97.9 cm³/mol. The fourth-order valence-corrected chi connectivity index (χ4v) is 3.88. The van der Waals surface area contributed by atoms with E-state index in [0.29, 0.717) is 6.42 Å². The summed E-state index contributed by atoms with van der Waals surface area (Å²) in [7, 11) is 1.90. The summed E-state index contributed by atoms with van der Waals surface area (Å²) in [6.07, 6.45) is 6.15. The van der Waals surface area contributed by atoms with Crippen molar-refractivity contribution in [3.05, 3.63) is 66.1 Å². The molecule has 0 bridgehead atoms. The van der Waals surface area contributed by atoms with Gasteiger partial charge in [-0.15, -0.1) is 0 Å². The van der Waals surface area contributed by atoms with Crippen LogP contribution in [0.1, 0.15) is 23.6 Å². The maximum atomic E-state index is 12.2. The van der Waals surface area contributed by atoms with Crippen LogP contribution in [-0.2, 0) is 11.3 Å². The largest absolute Gasteiger partial charge is 0.361 e. The first-order chi connectivity index (χ1) is 12.2. The van der Waals surface area contributed by atoms with Crippen molar-refractivity contribution >= 4 is 16.8 Å². The van der Waals surface area contributed by atoms with Gasteiger partial charge in [0.15, 0.2) is 0 Å². The summed E-state index contributed by atoms with van der Waals surface area (Å²) in [6.45, 7) is 1.59. The zero-order chi connectivity index (χ0) is 17.2. The lowest BCUT2D eigenvalue weighted by atomic mass is 9.94. The number of nitrogens with zero attached hydrogens (tertiary/aromatic N) is 2. The first kappa shape index (κ1) is 15.8. The van der Waals surface area contributed by atoms with Crippen LogP contribution in [0.25, 0.3) is 10.9 Å². The number of aromatic nitrogens is 2. The number of rotatable bonds is 5. The number of H-pyrrole nitrogens is 1. The highest BCUT2D eigenvalue weighted by Crippen LogP contribution is 2.36. The summed E-state index contributed by atoms with van der Waals surface area (Å²) in [4.78, 5) is 21.5. The number of aromatic amines is 1. The smallest absolute Gasteiger partial charge is 0.223 e. The average Bonchev–Trinajstić information content (AvgIpc) is 3.21. The van der Waals surface area contributed by atoms with E-state index in [4.69, 9.17) is 0 Å². The Labute approximate surface area is 147 Å². The van der Waals surface area contributed by atoms with Crippen LogP contribution in [0.5, 0.6) is 0 Å². The molecule has 0 radical (unpaired) electrons. The highest BCUT2D eigenvalue weighted by Gasteiger charge is 2.37. The normalized spacial score (nSPS) is 20.5. The summed E-state index contributed by atoms with van der Waals surface area (Å²) in [5, 5.41) is 4.78. The SMILES string of the molecule is CN1C(=O)C[C@@H](CNCc2cccc3cc[nH]c23)[C@@H]1c1ccncc1. The zero-order valence-corrected chi connectivity index (χ0v) is 14.3. The summed E-state index contributed by atoms with van der Waals surface area (Å²) >= 11 is 0. The van der Waals surface area contributed by atoms with E-state index in [1.807, 2.05) is 30.3 Å². The van der Waals surface area contributed by atoms with Gasteiger partial charge in [-0.2, -0.15) is 0 Å². The molecule has 25 heavy (non-hydrogen) atoms. The van der Waals surface area contributed by atoms with E-state index in [-0.39, 0.29) is 17.9 Å². The molecule has 1 aromatic carbocycles. The van der Waals surface area contributed by atoms with E-state index in [9.17, 15) is 4.79 Å². The quantitative estimate of drug-likeness (QED) is 0.754. The molecule has 2 aromatic heterocycles. The Hall–Kier alpha value is -2.66. The number of carbonyl (C=O) groups excluding carboxylic acids is 1. The number of hydrogen-bond acceptors (Lipinski definition) is 3. The molecule has 0 spiro atoms. The van der Waals surface area contributed by atoms with Crippen LogP contribution in [0.2, 0.25) is 0 Å². The molecule has 128 valence electrons. The molecule has 2 atom stereocenters. The third-order valence-corrected chi connectivity index (χ3v) is 5.14. The second-order valence-corrected chi connectivity index (χ2v) is 6.68. The Morgan fingerprint density at radius 1 is 1.24 bits per heavy atom. The maximum Gasteiger partial charge on any atom is 0.223 e. The Morgan fingerprint density at radius 2 is 2.08 bits per heavy atom. The van der Waals surface area contributed by atoms with E-state index in [1.165, 1.54) is 16.5 Å². The van der Waals surface area contributed by atoms with Crippen molar-refractivity contribution in [3.8, 4) is 0 Å². The maximum absolute atomic E-state index is 12.2. The molecule has 1 amide bonds. The number of fused-ring (bicyclic) bond motifs is 1. The van der Waals surface area contributed by atoms with Crippen molar-refractivity contribution in [2.45, 2.75) is 19.0 Å². The molecule has 2 N–H and O–H groups in total. The molecular formula is C20H22N4O. The molecule has 3 aromatic rings. The lowest BCUT2D eigenvalue weighted by Gasteiger charge is -2.25. The number of amides is 1. The molecule has 1 fully saturated rings. The molecule has 5 heteroatoms. The predicted octanol–water partition coefficient (Wildman–Crippen LogP) is 2.87. The van der Waals surface area contributed by atoms with Gasteiger partial charge in [0.1, 0.15) is 0 Å². The van der Waals surface area contributed by atoms with E-state index in [1.54, 1.807) is 12.4 Å². The molecular weight excluding hydrogens is 312 g/mol. The van der Waals surface area contributed by atoms with Gasteiger partial charge in [-0.05, 0) is 34.7 Å². The van der Waals surface area contributed by atoms with E-state index in [2.05, 4.69) is 39.6 Å². The van der Waals surface area contributed by atoms with Gasteiger partial charge in [0.25, 0.3) is 0 Å². The van der Waals surface area contributed by atoms with Gasteiger partial charge >= 0.3 is 0 Å². The molecule has 5 nitrogen and oxygen atoms in total. The van der Waals surface area contributed by atoms with Crippen molar-refractivity contribution in [1.29, 1.82) is 0 Å². The molecule has 1 aliphatic rings. The number of para-hydroxylation sites is 1. The summed E-state index contributed by atoms with van der Waals surface area (Å²) < 4.78 is 0. The van der Waals surface area contributed by atoms with Crippen LogP contribution in [-0.4, -0.2) is 34.4 Å². The monoisotopic (exact) mass is 334 g/mol. The fourth-order valence-electron chi connectivity index (χ4n) is 3.88. The topological polar surface area (TPSA) is 61.0 Å². The highest BCUT2D eigenvalue weighted by molar-refractivity contribution is 5.82. The van der Waals surface area contributed by atoms with Crippen LogP contribution in [0, 0.1) is 5.92 Å². The van der Waals surface area contributed by atoms with Crippen LogP contribution >= 0.6 is 0 Å². The number of likely N-dealkylation sites (tertiary alicyclic amines) is 1. The Balaban J connectivity index is 1.46. The molecule has 0 unspecified atom stereocenters. The van der Waals surface area contributed by atoms with Gasteiger partial charge in [-0.3, -0.25) is 9.78 Å². The van der Waals surface area contributed by atoms with E-state index >= 15 is 0 Å². The second-order valence-electron chi connectivity index (χ2n) is 6.68. The molecule has 1 aliphatic heterocycles. The number of pyridine rings is 1. The Kier molecular flexibility index (Phi) is 4.24. The molecule has 0 aliphatic carbocycles. The first-order valence-electron chi connectivity index (χ1n) is 8.65. The lowest BCUT2D eigenvalue weighted by Crippen LogP contribution is -2.29. The third-order valence-electron chi connectivity index (χ3n) is 5.14. The van der Waals surface area contributed by atoms with Crippen LogP contribution in [0.3, 0.4) is 0 Å². The van der Waals surface area contributed by atoms with E-state index < -0.39 is 0 Å². The van der Waals surface area contributed by atoms with Crippen LogP contribution in [0.4, 0.5) is 0 Å². The molecule has 1 saturated heterocycles. The minimum atomic E-state index is 0.115. The van der Waals surface area contributed by atoms with Crippen molar-refractivity contribution < 1.29 is 4.79 Å². The zero-order valence-electron chi connectivity index (χ0n) is 14.3. The fraction of sp³-hybridized carbons (Fsp3) is 0.300. The van der Waals surface area contributed by atoms with Crippen molar-refractivity contribution in [2.24, 2.45) is 5.92 Å². The van der Waals surface area contributed by atoms with Crippen molar-refractivity contribution in [2.75, 3.05) is 13.6 Å². The van der Waals surface area contributed by atoms with Gasteiger partial charge in [-0.1, -0.05) is 18.2 Å². The number of nitrogens with one attached hydrogen (secondary N) is 2. The summed E-state index contributed by atoms with van der Waals surface area (Å²) in [5.74, 6) is 0.475. The first-order valence-corrected chi connectivity index (χ1v) is 8.65. The molecule has 0 saturated carbocycles. The highest BCUT2D eigenvalue weighted by atomic mass is 16.2. The van der Waals surface area contributed by atoms with Gasteiger partial charge in [-0.25, -0.2) is 0 Å².